The van der Waals surface area contributed by atoms with Crippen LogP contribution in [0.15, 0.2) is 16.7 Å². The van der Waals surface area contributed by atoms with Crippen LogP contribution in [0.5, 0.6) is 0 Å². The Bertz CT molecular complexity index is 323. The van der Waals surface area contributed by atoms with E-state index in [1.807, 2.05) is 26.8 Å². The molecule has 1 rings (SSSR count). The summed E-state index contributed by atoms with van der Waals surface area (Å²) in [6, 6.07) is 2.00. The maximum atomic E-state index is 5.62. The number of rotatable bonds is 3. The summed E-state index contributed by atoms with van der Waals surface area (Å²) in [6.07, 6.45) is 1.80. The lowest BCUT2D eigenvalue weighted by molar-refractivity contribution is 0.577. The normalized spacial score (nSPS) is 11.5. The first kappa shape index (κ1) is 11.5. The third kappa shape index (κ3) is 2.96. The Labute approximate surface area is 93.2 Å². The zero-order chi connectivity index (χ0) is 10.8. The summed E-state index contributed by atoms with van der Waals surface area (Å²) in [5.41, 5.74) is 6.67. The van der Waals surface area contributed by atoms with Gasteiger partial charge in [0.1, 0.15) is 5.82 Å². The van der Waals surface area contributed by atoms with Crippen LogP contribution < -0.4 is 11.1 Å². The molecule has 0 saturated heterocycles. The number of nitrogens with two attached hydrogens (primary N) is 1. The predicted octanol–water partition coefficient (Wildman–Crippen LogP) is 2.30. The summed E-state index contributed by atoms with van der Waals surface area (Å²) < 4.78 is 1.02. The van der Waals surface area contributed by atoms with E-state index in [4.69, 9.17) is 5.73 Å². The number of aromatic nitrogens is 1. The standard InChI is InChI=1S/C10H16BrN3/c1-7-4-9(13-5-8(7)11)14-10(2,3)6-12/h4-5H,6,12H2,1-3H3,(H,13,14). The fraction of sp³-hybridized carbons (Fsp3) is 0.500. The van der Waals surface area contributed by atoms with Crippen molar-refractivity contribution in [1.82, 2.24) is 4.98 Å². The quantitative estimate of drug-likeness (QED) is 0.874. The first-order chi connectivity index (χ1) is 6.44. The van der Waals surface area contributed by atoms with Crippen LogP contribution in [0.3, 0.4) is 0 Å². The highest BCUT2D eigenvalue weighted by molar-refractivity contribution is 9.10. The van der Waals surface area contributed by atoms with Crippen LogP contribution in [0.25, 0.3) is 0 Å². The average molecular weight is 258 g/mol. The van der Waals surface area contributed by atoms with Gasteiger partial charge >= 0.3 is 0 Å². The molecule has 14 heavy (non-hydrogen) atoms. The second-order valence-electron chi connectivity index (χ2n) is 4.03. The van der Waals surface area contributed by atoms with Crippen LogP contribution in [-0.2, 0) is 0 Å². The van der Waals surface area contributed by atoms with Gasteiger partial charge in [-0.25, -0.2) is 4.98 Å². The van der Waals surface area contributed by atoms with Crippen molar-refractivity contribution in [2.75, 3.05) is 11.9 Å². The molecule has 0 amide bonds. The molecule has 0 unspecified atom stereocenters. The third-order valence-corrected chi connectivity index (χ3v) is 2.85. The maximum Gasteiger partial charge on any atom is 0.126 e. The molecule has 0 fully saturated rings. The third-order valence-electron chi connectivity index (χ3n) is 2.02. The Hall–Kier alpha value is -0.610. The molecule has 78 valence electrons. The van der Waals surface area contributed by atoms with E-state index in [0.29, 0.717) is 6.54 Å². The van der Waals surface area contributed by atoms with Gasteiger partial charge in [-0.1, -0.05) is 0 Å². The number of anilines is 1. The number of nitrogens with zero attached hydrogens (tertiary/aromatic N) is 1. The molecule has 0 radical (unpaired) electrons. The van der Waals surface area contributed by atoms with Crippen molar-refractivity contribution in [1.29, 1.82) is 0 Å². The molecule has 1 aromatic rings. The summed E-state index contributed by atoms with van der Waals surface area (Å²) in [7, 11) is 0. The Morgan fingerprint density at radius 1 is 1.57 bits per heavy atom. The molecule has 0 spiro atoms. The summed E-state index contributed by atoms with van der Waals surface area (Å²) in [5, 5.41) is 3.28. The Morgan fingerprint density at radius 2 is 2.21 bits per heavy atom. The molecule has 0 bridgehead atoms. The summed E-state index contributed by atoms with van der Waals surface area (Å²) >= 11 is 3.41. The lowest BCUT2D eigenvalue weighted by Gasteiger charge is -2.25. The molecular weight excluding hydrogens is 242 g/mol. The van der Waals surface area contributed by atoms with Crippen molar-refractivity contribution >= 4 is 21.7 Å². The van der Waals surface area contributed by atoms with Crippen LogP contribution >= 0.6 is 15.9 Å². The van der Waals surface area contributed by atoms with Crippen molar-refractivity contribution < 1.29 is 0 Å². The smallest absolute Gasteiger partial charge is 0.126 e. The SMILES string of the molecule is Cc1cc(NC(C)(C)CN)ncc1Br. The Balaban J connectivity index is 2.83. The number of halogens is 1. The summed E-state index contributed by atoms with van der Waals surface area (Å²) in [6.45, 7) is 6.70. The van der Waals surface area contributed by atoms with Crippen molar-refractivity contribution in [3.8, 4) is 0 Å². The number of hydrogen-bond donors (Lipinski definition) is 2. The molecule has 4 heteroatoms. The van der Waals surface area contributed by atoms with Gasteiger partial charge in [0.15, 0.2) is 0 Å². The summed E-state index contributed by atoms with van der Waals surface area (Å²) in [5.74, 6) is 0.862. The predicted molar refractivity (Wildman–Crippen MR) is 63.4 cm³/mol. The van der Waals surface area contributed by atoms with E-state index in [1.165, 1.54) is 0 Å². The van der Waals surface area contributed by atoms with Crippen LogP contribution in [0.1, 0.15) is 19.4 Å². The van der Waals surface area contributed by atoms with Gasteiger partial charge in [-0.2, -0.15) is 0 Å². The van der Waals surface area contributed by atoms with Gasteiger partial charge in [0.05, 0.1) is 0 Å². The topological polar surface area (TPSA) is 50.9 Å². The maximum absolute atomic E-state index is 5.62. The Kier molecular flexibility index (Phi) is 3.50. The minimum Gasteiger partial charge on any atom is -0.364 e. The molecule has 0 aliphatic rings. The van der Waals surface area contributed by atoms with E-state index in [2.05, 4.69) is 26.2 Å². The molecular formula is C10H16BrN3. The van der Waals surface area contributed by atoms with Crippen LogP contribution in [0.2, 0.25) is 0 Å². The molecule has 0 aromatic carbocycles. The van der Waals surface area contributed by atoms with E-state index in [1.54, 1.807) is 6.20 Å². The number of aryl methyl sites for hydroxylation is 1. The average Bonchev–Trinajstić information content (AvgIpc) is 2.11. The highest BCUT2D eigenvalue weighted by Crippen LogP contribution is 2.19. The molecule has 0 aliphatic heterocycles. The van der Waals surface area contributed by atoms with Gasteiger partial charge in [0, 0.05) is 22.8 Å². The van der Waals surface area contributed by atoms with Gasteiger partial charge in [-0.3, -0.25) is 0 Å². The minimum atomic E-state index is -0.118. The van der Waals surface area contributed by atoms with E-state index < -0.39 is 0 Å². The van der Waals surface area contributed by atoms with Gasteiger partial charge < -0.3 is 11.1 Å². The highest BCUT2D eigenvalue weighted by atomic mass is 79.9. The highest BCUT2D eigenvalue weighted by Gasteiger charge is 2.15. The zero-order valence-electron chi connectivity index (χ0n) is 8.76. The van der Waals surface area contributed by atoms with Crippen LogP contribution in [0, 0.1) is 6.92 Å². The lowest BCUT2D eigenvalue weighted by Crippen LogP contribution is -2.39. The van der Waals surface area contributed by atoms with Gasteiger partial charge in [-0.15, -0.1) is 0 Å². The molecule has 1 aromatic heterocycles. The van der Waals surface area contributed by atoms with E-state index in [9.17, 15) is 0 Å². The summed E-state index contributed by atoms with van der Waals surface area (Å²) in [4.78, 5) is 4.26. The first-order valence-electron chi connectivity index (χ1n) is 4.55. The van der Waals surface area contributed by atoms with Gasteiger partial charge in [-0.05, 0) is 48.3 Å². The van der Waals surface area contributed by atoms with Crippen LogP contribution in [-0.4, -0.2) is 17.1 Å². The van der Waals surface area contributed by atoms with E-state index >= 15 is 0 Å². The molecule has 3 nitrogen and oxygen atoms in total. The molecule has 0 atom stereocenters. The number of pyridine rings is 1. The van der Waals surface area contributed by atoms with Crippen molar-refractivity contribution in [3.63, 3.8) is 0 Å². The molecule has 0 aliphatic carbocycles. The monoisotopic (exact) mass is 257 g/mol. The van der Waals surface area contributed by atoms with Gasteiger partial charge in [0.25, 0.3) is 0 Å². The zero-order valence-corrected chi connectivity index (χ0v) is 10.4. The largest absolute Gasteiger partial charge is 0.364 e. The van der Waals surface area contributed by atoms with Crippen molar-refractivity contribution in [2.24, 2.45) is 5.73 Å². The van der Waals surface area contributed by atoms with Crippen molar-refractivity contribution in [2.45, 2.75) is 26.3 Å². The number of nitrogens with one attached hydrogen (secondary N) is 1. The lowest BCUT2D eigenvalue weighted by atomic mass is 10.1. The fourth-order valence-electron chi connectivity index (χ4n) is 1.01. The Morgan fingerprint density at radius 3 is 2.71 bits per heavy atom. The molecule has 3 N–H and O–H groups in total. The van der Waals surface area contributed by atoms with Gasteiger partial charge in [0.2, 0.25) is 0 Å². The van der Waals surface area contributed by atoms with E-state index in [-0.39, 0.29) is 5.54 Å². The minimum absolute atomic E-state index is 0.118. The first-order valence-corrected chi connectivity index (χ1v) is 5.34. The molecule has 1 heterocycles. The van der Waals surface area contributed by atoms with Crippen LogP contribution in [0.4, 0.5) is 5.82 Å². The number of hydrogen-bond acceptors (Lipinski definition) is 3. The molecule has 0 saturated carbocycles. The second kappa shape index (κ2) is 4.28. The fourth-order valence-corrected chi connectivity index (χ4v) is 1.22. The van der Waals surface area contributed by atoms with E-state index in [0.717, 1.165) is 15.9 Å². The van der Waals surface area contributed by atoms with Crippen molar-refractivity contribution in [3.05, 3.63) is 22.3 Å². The second-order valence-corrected chi connectivity index (χ2v) is 4.89.